The van der Waals surface area contributed by atoms with Gasteiger partial charge in [-0.15, -0.1) is 0 Å². The minimum Gasteiger partial charge on any atom is -0.493 e. The Labute approximate surface area is 186 Å². The fourth-order valence-electron chi connectivity index (χ4n) is 4.00. The first-order chi connectivity index (χ1) is 15.1. The van der Waals surface area contributed by atoms with E-state index in [0.29, 0.717) is 12.5 Å². The van der Waals surface area contributed by atoms with Crippen LogP contribution in [0.3, 0.4) is 0 Å². The van der Waals surface area contributed by atoms with Crippen molar-refractivity contribution >= 4 is 11.6 Å². The number of carbonyl (C=O) groups excluding carboxylic acids is 1. The summed E-state index contributed by atoms with van der Waals surface area (Å²) in [5, 5.41) is 3.02. The molecule has 0 spiro atoms. The van der Waals surface area contributed by atoms with Gasteiger partial charge in [0, 0.05) is 11.6 Å². The molecule has 0 unspecified atom stereocenters. The second-order valence-electron chi connectivity index (χ2n) is 8.59. The summed E-state index contributed by atoms with van der Waals surface area (Å²) in [6.07, 6.45) is 4.50. The van der Waals surface area contributed by atoms with Crippen molar-refractivity contribution < 1.29 is 14.3 Å². The average molecular weight is 425 g/mol. The molecule has 168 valence electrons. The summed E-state index contributed by atoms with van der Waals surface area (Å²) in [7, 11) is 1.67. The first-order valence-corrected chi connectivity index (χ1v) is 11.5. The van der Waals surface area contributed by atoms with Crippen LogP contribution in [0.1, 0.15) is 51.0 Å². The molecular formula is C26H36N2O3. The maximum Gasteiger partial charge on any atom is 0.226 e. The van der Waals surface area contributed by atoms with Crippen LogP contribution in [0, 0.1) is 5.92 Å². The summed E-state index contributed by atoms with van der Waals surface area (Å²) < 4.78 is 11.2. The second kappa shape index (κ2) is 11.8. The highest BCUT2D eigenvalue weighted by Crippen LogP contribution is 2.30. The van der Waals surface area contributed by atoms with Crippen LogP contribution >= 0.6 is 0 Å². The van der Waals surface area contributed by atoms with Crippen LogP contribution < -0.4 is 14.8 Å². The summed E-state index contributed by atoms with van der Waals surface area (Å²) in [5.41, 5.74) is 2.25. The number of piperidine rings is 1. The molecule has 1 N–H and O–H groups in total. The number of nitrogens with zero attached hydrogens (tertiary/aromatic N) is 1. The van der Waals surface area contributed by atoms with Gasteiger partial charge in [-0.3, -0.25) is 4.79 Å². The highest BCUT2D eigenvalue weighted by Gasteiger charge is 2.20. The van der Waals surface area contributed by atoms with Crippen molar-refractivity contribution in [2.24, 2.45) is 5.92 Å². The predicted molar refractivity (Wildman–Crippen MR) is 126 cm³/mol. The topological polar surface area (TPSA) is 50.8 Å². The molecule has 0 atom stereocenters. The summed E-state index contributed by atoms with van der Waals surface area (Å²) in [5.74, 6) is 2.24. The standard InChI is InChI=1S/C26H36N2O3/c1-20(2)26(29)27-23-10-8-9-22(19-23)21-13-16-28(17-14-21)15-6-7-18-31-25-12-5-4-11-24(25)30-3/h4-5,8-12,19-21H,6-7,13-18H2,1-3H3,(H,27,29). The number of para-hydroxylation sites is 2. The number of hydrogen-bond acceptors (Lipinski definition) is 4. The van der Waals surface area contributed by atoms with Gasteiger partial charge in [0.15, 0.2) is 11.5 Å². The van der Waals surface area contributed by atoms with E-state index < -0.39 is 0 Å². The number of rotatable bonds is 10. The van der Waals surface area contributed by atoms with Crippen LogP contribution in [0.4, 0.5) is 5.69 Å². The summed E-state index contributed by atoms with van der Waals surface area (Å²) in [6.45, 7) is 7.92. The Kier molecular flexibility index (Phi) is 8.77. The van der Waals surface area contributed by atoms with Crippen LogP contribution in [-0.4, -0.2) is 44.2 Å². The Hall–Kier alpha value is -2.53. The average Bonchev–Trinajstić information content (AvgIpc) is 2.79. The Morgan fingerprint density at radius 2 is 1.81 bits per heavy atom. The van der Waals surface area contributed by atoms with Gasteiger partial charge in [-0.05, 0) is 81.1 Å². The maximum atomic E-state index is 12.0. The Morgan fingerprint density at radius 3 is 2.52 bits per heavy atom. The summed E-state index contributed by atoms with van der Waals surface area (Å²) >= 11 is 0. The van der Waals surface area contributed by atoms with E-state index in [9.17, 15) is 4.79 Å². The molecule has 0 saturated carbocycles. The van der Waals surface area contributed by atoms with E-state index in [1.165, 1.54) is 18.4 Å². The first-order valence-electron chi connectivity index (χ1n) is 11.5. The third kappa shape index (κ3) is 7.00. The maximum absolute atomic E-state index is 12.0. The number of hydrogen-bond donors (Lipinski definition) is 1. The van der Waals surface area contributed by atoms with E-state index in [1.807, 2.05) is 44.2 Å². The van der Waals surface area contributed by atoms with Crippen LogP contribution in [0.5, 0.6) is 11.5 Å². The normalized spacial score (nSPS) is 15.1. The number of ether oxygens (including phenoxy) is 2. The second-order valence-corrected chi connectivity index (χ2v) is 8.59. The number of anilines is 1. The van der Waals surface area contributed by atoms with Gasteiger partial charge < -0.3 is 19.7 Å². The van der Waals surface area contributed by atoms with Crippen LogP contribution in [0.25, 0.3) is 0 Å². The smallest absolute Gasteiger partial charge is 0.226 e. The Morgan fingerprint density at radius 1 is 1.06 bits per heavy atom. The van der Waals surface area contributed by atoms with E-state index in [2.05, 4.69) is 28.4 Å². The molecule has 1 aliphatic rings. The number of carbonyl (C=O) groups is 1. The zero-order valence-electron chi connectivity index (χ0n) is 19.1. The van der Waals surface area contributed by atoms with Crippen molar-refractivity contribution in [2.75, 3.05) is 38.7 Å². The van der Waals surface area contributed by atoms with E-state index in [-0.39, 0.29) is 11.8 Å². The molecule has 1 amide bonds. The van der Waals surface area contributed by atoms with Crippen molar-refractivity contribution in [3.05, 3.63) is 54.1 Å². The molecule has 5 heteroatoms. The minimum atomic E-state index is -0.00739. The first kappa shape index (κ1) is 23.1. The van der Waals surface area contributed by atoms with Crippen molar-refractivity contribution in [3.8, 4) is 11.5 Å². The summed E-state index contributed by atoms with van der Waals surface area (Å²) in [6, 6.07) is 16.2. The zero-order valence-corrected chi connectivity index (χ0v) is 19.1. The van der Waals surface area contributed by atoms with Gasteiger partial charge >= 0.3 is 0 Å². The number of likely N-dealkylation sites (tertiary alicyclic amines) is 1. The zero-order chi connectivity index (χ0) is 22.1. The lowest BCUT2D eigenvalue weighted by molar-refractivity contribution is -0.118. The molecule has 0 aliphatic carbocycles. The molecule has 2 aromatic carbocycles. The fourth-order valence-corrected chi connectivity index (χ4v) is 4.00. The lowest BCUT2D eigenvalue weighted by Crippen LogP contribution is -2.33. The number of nitrogens with one attached hydrogen (secondary N) is 1. The van der Waals surface area contributed by atoms with Crippen LogP contribution in [0.2, 0.25) is 0 Å². The molecule has 2 aromatic rings. The monoisotopic (exact) mass is 424 g/mol. The third-order valence-electron chi connectivity index (χ3n) is 5.93. The van der Waals surface area contributed by atoms with Gasteiger partial charge in [-0.25, -0.2) is 0 Å². The Balaban J connectivity index is 1.37. The minimum absolute atomic E-state index is 0.00739. The van der Waals surface area contributed by atoms with E-state index in [4.69, 9.17) is 9.47 Å². The molecule has 0 bridgehead atoms. The molecule has 1 fully saturated rings. The van der Waals surface area contributed by atoms with Gasteiger partial charge in [0.25, 0.3) is 0 Å². The van der Waals surface area contributed by atoms with Crippen LogP contribution in [0.15, 0.2) is 48.5 Å². The van der Waals surface area contributed by atoms with Crippen molar-refractivity contribution in [1.82, 2.24) is 4.90 Å². The van der Waals surface area contributed by atoms with Crippen LogP contribution in [-0.2, 0) is 4.79 Å². The number of unbranched alkanes of at least 4 members (excludes halogenated alkanes) is 1. The largest absolute Gasteiger partial charge is 0.493 e. The van der Waals surface area contributed by atoms with E-state index in [0.717, 1.165) is 49.7 Å². The van der Waals surface area contributed by atoms with Gasteiger partial charge in [-0.2, -0.15) is 0 Å². The van der Waals surface area contributed by atoms with Gasteiger partial charge in [0.05, 0.1) is 13.7 Å². The number of amides is 1. The molecule has 1 heterocycles. The fraction of sp³-hybridized carbons (Fsp3) is 0.500. The molecule has 3 rings (SSSR count). The van der Waals surface area contributed by atoms with Gasteiger partial charge in [0.1, 0.15) is 0 Å². The van der Waals surface area contributed by atoms with Crippen molar-refractivity contribution in [1.29, 1.82) is 0 Å². The number of benzene rings is 2. The SMILES string of the molecule is COc1ccccc1OCCCCN1CCC(c2cccc(NC(=O)C(C)C)c2)CC1. The molecule has 0 aromatic heterocycles. The van der Waals surface area contributed by atoms with E-state index in [1.54, 1.807) is 7.11 Å². The van der Waals surface area contributed by atoms with E-state index >= 15 is 0 Å². The molecular weight excluding hydrogens is 388 g/mol. The third-order valence-corrected chi connectivity index (χ3v) is 5.93. The summed E-state index contributed by atoms with van der Waals surface area (Å²) in [4.78, 5) is 14.5. The lowest BCUT2D eigenvalue weighted by atomic mass is 9.89. The lowest BCUT2D eigenvalue weighted by Gasteiger charge is -2.32. The molecule has 1 saturated heterocycles. The van der Waals surface area contributed by atoms with Crippen molar-refractivity contribution in [3.63, 3.8) is 0 Å². The van der Waals surface area contributed by atoms with Crippen molar-refractivity contribution in [2.45, 2.75) is 45.4 Å². The highest BCUT2D eigenvalue weighted by atomic mass is 16.5. The molecule has 1 aliphatic heterocycles. The highest BCUT2D eigenvalue weighted by molar-refractivity contribution is 5.92. The Bertz CT molecular complexity index is 829. The molecule has 0 radical (unpaired) electrons. The number of methoxy groups -OCH3 is 1. The quantitative estimate of drug-likeness (QED) is 0.524. The predicted octanol–water partition coefficient (Wildman–Crippen LogP) is 5.33. The van der Waals surface area contributed by atoms with Gasteiger partial charge in [0.2, 0.25) is 5.91 Å². The molecule has 5 nitrogen and oxygen atoms in total. The van der Waals surface area contributed by atoms with Gasteiger partial charge in [-0.1, -0.05) is 38.1 Å². The molecule has 31 heavy (non-hydrogen) atoms.